The van der Waals surface area contributed by atoms with E-state index in [1.54, 1.807) is 30.3 Å². The molecule has 0 aliphatic carbocycles. The second-order valence-corrected chi connectivity index (χ2v) is 19.5. The molecule has 0 aromatic heterocycles. The highest BCUT2D eigenvalue weighted by Gasteiger charge is 2.22. The maximum Gasteiger partial charge on any atom is 0.296 e. The third kappa shape index (κ3) is 16.3. The number of hydrogen-bond acceptors (Lipinski definition) is 12. The molecule has 394 valence electrons. The summed E-state index contributed by atoms with van der Waals surface area (Å²) >= 11 is 0. The van der Waals surface area contributed by atoms with Crippen molar-refractivity contribution in [1.29, 1.82) is 0 Å². The summed E-state index contributed by atoms with van der Waals surface area (Å²) in [6.45, 7) is 4.04. The Bertz CT molecular complexity index is 3890. The van der Waals surface area contributed by atoms with Gasteiger partial charge in [0.25, 0.3) is 26.1 Å². The van der Waals surface area contributed by atoms with Gasteiger partial charge in [-0.25, -0.2) is 9.98 Å². The third-order valence-electron chi connectivity index (χ3n) is 11.0. The maximum absolute atomic E-state index is 12.5. The van der Waals surface area contributed by atoms with Crippen molar-refractivity contribution in [3.63, 3.8) is 0 Å². The van der Waals surface area contributed by atoms with Crippen LogP contribution >= 0.6 is 0 Å². The monoisotopic (exact) mass is 1080 g/mol. The van der Waals surface area contributed by atoms with E-state index in [0.717, 1.165) is 39.9 Å². The topological polar surface area (TPSA) is 308 Å². The molecule has 0 unspecified atom stereocenters. The van der Waals surface area contributed by atoms with Crippen LogP contribution in [0.5, 0.6) is 5.75 Å². The van der Waals surface area contributed by atoms with Crippen molar-refractivity contribution in [3.05, 3.63) is 229 Å². The van der Waals surface area contributed by atoms with Crippen molar-refractivity contribution < 1.29 is 35.8 Å². The standard InChI is InChI=1S/C29H21N5O8S2.C15H17N3.C13H13N3/c35-28-25-15-12-23(30-29(36)18-4-2-1-3-5-18)16-19(25)17-26(44(40,41)42)27(28)34-33-21-8-6-20(7-9-21)31-32-22-10-13-24(14-11-22)43(37,38)39;1-11-7-3-5-9-13(11)17-15(16)18-14-10-6-4-8-12(14)2;14-13(15-11-7-3-1-4-8-11)16-12-9-5-2-6-10-12/h1-17,35H,(H,30,36)(H,37,38,39)(H,40,41,42);3-10H,1-2H3,(H3,16,17,18);1-10H,(H3,14,15,16). The minimum absolute atomic E-state index is 0.199. The number of azo groups is 2. The van der Waals surface area contributed by atoms with Crippen LogP contribution in [0, 0.1) is 13.8 Å². The van der Waals surface area contributed by atoms with Crippen LogP contribution < -0.4 is 27.4 Å². The van der Waals surface area contributed by atoms with Gasteiger partial charge in [-0.05, 0) is 152 Å². The lowest BCUT2D eigenvalue weighted by Crippen LogP contribution is -2.22. The molecule has 0 aliphatic heterocycles. The Morgan fingerprint density at radius 1 is 0.474 bits per heavy atom. The quantitative estimate of drug-likeness (QED) is 0.0245. The predicted octanol–water partition coefficient (Wildman–Crippen LogP) is 13.2. The molecule has 0 heterocycles. The number of guanidine groups is 2. The molecule has 10 N–H and O–H groups in total. The Morgan fingerprint density at radius 2 is 0.987 bits per heavy atom. The van der Waals surface area contributed by atoms with Gasteiger partial charge >= 0.3 is 0 Å². The zero-order chi connectivity index (χ0) is 55.7. The van der Waals surface area contributed by atoms with Gasteiger partial charge in [-0.15, -0.1) is 5.11 Å². The van der Waals surface area contributed by atoms with E-state index in [9.17, 15) is 31.3 Å². The molecule has 19 nitrogen and oxygen atoms in total. The molecule has 1 amide bonds. The van der Waals surface area contributed by atoms with Crippen molar-refractivity contribution in [2.45, 2.75) is 23.6 Å². The number of para-hydroxylation sites is 4. The van der Waals surface area contributed by atoms with Crippen LogP contribution in [-0.4, -0.2) is 48.9 Å². The number of nitrogens with two attached hydrogens (primary N) is 2. The highest BCUT2D eigenvalue weighted by atomic mass is 32.2. The van der Waals surface area contributed by atoms with Crippen LogP contribution in [-0.2, 0) is 20.2 Å². The van der Waals surface area contributed by atoms with Gasteiger partial charge in [-0.1, -0.05) is 91.0 Å². The third-order valence-corrected chi connectivity index (χ3v) is 12.7. The number of nitrogens with zero attached hydrogens (tertiary/aromatic N) is 6. The first-order chi connectivity index (χ1) is 37.4. The second-order valence-electron chi connectivity index (χ2n) is 16.7. The molecule has 0 saturated carbocycles. The number of aryl methyl sites for hydroxylation is 2. The number of phenols is 1. The lowest BCUT2D eigenvalue weighted by Gasteiger charge is -2.11. The molecule has 0 fully saturated rings. The lowest BCUT2D eigenvalue weighted by molar-refractivity contribution is 0.102. The Balaban J connectivity index is 0.000000210. The van der Waals surface area contributed by atoms with Gasteiger partial charge in [0.2, 0.25) is 0 Å². The predicted molar refractivity (Wildman–Crippen MR) is 306 cm³/mol. The molecule has 0 radical (unpaired) electrons. The zero-order valence-electron chi connectivity index (χ0n) is 41.7. The smallest absolute Gasteiger partial charge is 0.296 e. The lowest BCUT2D eigenvalue weighted by atomic mass is 10.1. The minimum atomic E-state index is -4.86. The summed E-state index contributed by atoms with van der Waals surface area (Å²) < 4.78 is 65.7. The van der Waals surface area contributed by atoms with Crippen molar-refractivity contribution in [2.75, 3.05) is 16.0 Å². The fourth-order valence-corrected chi connectivity index (χ4v) is 8.18. The fourth-order valence-electron chi connectivity index (χ4n) is 7.05. The number of amides is 1. The SMILES string of the molecule is Cc1ccccc1N=C(N)Nc1ccccc1C.NC(=Nc1ccccc1)Nc1ccccc1.O=C(Nc1ccc2c(O)c(N=Nc3ccc(N=Nc4ccc(S(=O)(=O)O)cc4)cc3)c(S(=O)(=O)O)cc2c1)c1ccccc1. The van der Waals surface area contributed by atoms with Crippen LogP contribution in [0.25, 0.3) is 10.8 Å². The molecule has 9 rings (SSSR count). The van der Waals surface area contributed by atoms with E-state index in [-0.39, 0.29) is 21.4 Å². The molecule has 0 saturated heterocycles. The van der Waals surface area contributed by atoms with Crippen molar-refractivity contribution >= 4 is 100 Å². The summed E-state index contributed by atoms with van der Waals surface area (Å²) in [7, 11) is -9.18. The Labute approximate surface area is 450 Å². The number of rotatable bonds is 12. The van der Waals surface area contributed by atoms with E-state index in [0.29, 0.717) is 34.5 Å². The molecular formula is C57H51N11O8S2. The van der Waals surface area contributed by atoms with Crippen LogP contribution in [0.4, 0.5) is 51.2 Å². The number of carbonyl (C=O) groups is 1. The van der Waals surface area contributed by atoms with E-state index in [1.165, 1.54) is 66.7 Å². The summed E-state index contributed by atoms with van der Waals surface area (Å²) in [6, 6.07) is 60.3. The van der Waals surface area contributed by atoms with E-state index < -0.39 is 42.5 Å². The van der Waals surface area contributed by atoms with Gasteiger partial charge in [-0.2, -0.15) is 32.2 Å². The summed E-state index contributed by atoms with van der Waals surface area (Å²) in [6.07, 6.45) is 0. The number of anilines is 3. The van der Waals surface area contributed by atoms with E-state index in [4.69, 9.17) is 16.0 Å². The molecule has 0 atom stereocenters. The Kier molecular flexibility index (Phi) is 18.6. The zero-order valence-corrected chi connectivity index (χ0v) is 43.4. The van der Waals surface area contributed by atoms with Gasteiger partial charge in [0, 0.05) is 28.0 Å². The number of aliphatic imine (C=N–C) groups is 2. The van der Waals surface area contributed by atoms with Crippen LogP contribution in [0.15, 0.2) is 253 Å². The number of aromatic hydroxyl groups is 1. The largest absolute Gasteiger partial charge is 0.505 e. The minimum Gasteiger partial charge on any atom is -0.505 e. The normalized spacial score (nSPS) is 11.8. The molecule has 0 bridgehead atoms. The van der Waals surface area contributed by atoms with Gasteiger partial charge in [0.15, 0.2) is 17.7 Å². The number of fused-ring (bicyclic) bond motifs is 1. The molecule has 0 aliphatic rings. The van der Waals surface area contributed by atoms with Crippen molar-refractivity contribution in [3.8, 4) is 5.75 Å². The number of phenolic OH excluding ortho intramolecular Hbond substituents is 1. The first-order valence-electron chi connectivity index (χ1n) is 23.5. The first kappa shape index (κ1) is 55.8. The maximum atomic E-state index is 12.5. The molecule has 9 aromatic carbocycles. The summed E-state index contributed by atoms with van der Waals surface area (Å²) in [5.74, 6) is -0.155. The van der Waals surface area contributed by atoms with E-state index >= 15 is 0 Å². The summed E-state index contributed by atoms with van der Waals surface area (Å²) in [4.78, 5) is 20.2. The van der Waals surface area contributed by atoms with Gasteiger partial charge in [0.05, 0.1) is 33.3 Å². The number of benzene rings is 9. The fraction of sp³-hybridized carbons (Fsp3) is 0.0351. The average molecular weight is 1080 g/mol. The van der Waals surface area contributed by atoms with Crippen LogP contribution in [0.2, 0.25) is 0 Å². The number of nitrogens with one attached hydrogen (secondary N) is 3. The number of hydrogen-bond donors (Lipinski definition) is 8. The molecule has 9 aromatic rings. The van der Waals surface area contributed by atoms with E-state index in [2.05, 4.69) is 46.4 Å². The Hall–Kier alpha value is -9.93. The average Bonchev–Trinajstić information content (AvgIpc) is 3.52. The summed E-state index contributed by atoms with van der Waals surface area (Å²) in [5, 5.41) is 36.0. The molecule has 78 heavy (non-hydrogen) atoms. The van der Waals surface area contributed by atoms with Gasteiger partial charge in [-0.3, -0.25) is 13.9 Å². The van der Waals surface area contributed by atoms with Crippen LogP contribution in [0.3, 0.4) is 0 Å². The highest BCUT2D eigenvalue weighted by molar-refractivity contribution is 7.86. The molecular weight excluding hydrogens is 1030 g/mol. The van der Waals surface area contributed by atoms with Crippen molar-refractivity contribution in [2.24, 2.45) is 41.9 Å². The molecule has 0 spiro atoms. The number of carbonyl (C=O) groups excluding carboxylic acids is 1. The highest BCUT2D eigenvalue weighted by Crippen LogP contribution is 2.42. The van der Waals surface area contributed by atoms with Crippen LogP contribution in [0.1, 0.15) is 21.5 Å². The van der Waals surface area contributed by atoms with Crippen molar-refractivity contribution in [1.82, 2.24) is 0 Å². The first-order valence-corrected chi connectivity index (χ1v) is 26.4. The second kappa shape index (κ2) is 26.0. The Morgan fingerprint density at radius 3 is 1.56 bits per heavy atom. The van der Waals surface area contributed by atoms with E-state index in [1.807, 2.05) is 123 Å². The van der Waals surface area contributed by atoms with Gasteiger partial charge in [0.1, 0.15) is 10.6 Å². The summed E-state index contributed by atoms with van der Waals surface area (Å²) in [5.41, 5.74) is 18.8. The molecule has 21 heteroatoms. The van der Waals surface area contributed by atoms with Gasteiger partial charge < -0.3 is 32.5 Å².